The molecule has 2 rings (SSSR count). The van der Waals surface area contributed by atoms with Gasteiger partial charge in [-0.25, -0.2) is 0 Å². The van der Waals surface area contributed by atoms with Crippen LogP contribution in [0.5, 0.6) is 5.75 Å². The van der Waals surface area contributed by atoms with E-state index in [2.05, 4.69) is 10.1 Å². The average Bonchev–Trinajstić information content (AvgIpc) is 2.63. The molecular formula is C14H17N3O2. The van der Waals surface area contributed by atoms with Gasteiger partial charge in [-0.05, 0) is 26.8 Å². The molecule has 0 N–H and O–H groups in total. The fourth-order valence-corrected chi connectivity index (χ4v) is 2.04. The number of ketones is 1. The molecule has 0 aromatic carbocycles. The van der Waals surface area contributed by atoms with Crippen LogP contribution >= 0.6 is 0 Å². The minimum Gasteiger partial charge on any atom is -0.492 e. The van der Waals surface area contributed by atoms with Crippen LogP contribution in [0.25, 0.3) is 0 Å². The summed E-state index contributed by atoms with van der Waals surface area (Å²) in [5.74, 6) is 0.532. The van der Waals surface area contributed by atoms with Crippen molar-refractivity contribution in [3.8, 4) is 5.75 Å². The number of pyridine rings is 1. The molecule has 0 aliphatic carbocycles. The lowest BCUT2D eigenvalue weighted by molar-refractivity contribution is 0.103. The van der Waals surface area contributed by atoms with Crippen LogP contribution in [0.1, 0.15) is 34.2 Å². The third-order valence-corrected chi connectivity index (χ3v) is 3.02. The zero-order valence-electron chi connectivity index (χ0n) is 11.6. The highest BCUT2D eigenvalue weighted by molar-refractivity contribution is 6.10. The highest BCUT2D eigenvalue weighted by Gasteiger charge is 2.19. The lowest BCUT2D eigenvalue weighted by Crippen LogP contribution is -2.06. The topological polar surface area (TPSA) is 57.0 Å². The molecule has 5 heteroatoms. The number of rotatable bonds is 4. The Morgan fingerprint density at radius 3 is 2.68 bits per heavy atom. The van der Waals surface area contributed by atoms with Gasteiger partial charge in [-0.3, -0.25) is 14.5 Å². The van der Waals surface area contributed by atoms with Gasteiger partial charge in [0.15, 0.2) is 5.78 Å². The Balaban J connectivity index is 2.41. The van der Waals surface area contributed by atoms with Crippen LogP contribution in [0.3, 0.4) is 0 Å². The Morgan fingerprint density at radius 2 is 2.11 bits per heavy atom. The van der Waals surface area contributed by atoms with Crippen molar-refractivity contribution in [2.24, 2.45) is 7.05 Å². The number of carbonyl (C=O) groups excluding carboxylic acids is 1. The van der Waals surface area contributed by atoms with E-state index in [1.54, 1.807) is 23.1 Å². The standard InChI is InChI=1S/C14H17N3O2/c1-5-19-12-6-11(7-15-8-12)14(18)13-9(2)16-17(4)10(13)3/h6-8H,5H2,1-4H3. The minimum absolute atomic E-state index is 0.0721. The molecule has 2 aromatic rings. The molecule has 0 aliphatic rings. The molecule has 0 fully saturated rings. The van der Waals surface area contributed by atoms with Gasteiger partial charge in [0.2, 0.25) is 0 Å². The Hall–Kier alpha value is -2.17. The third-order valence-electron chi connectivity index (χ3n) is 3.02. The van der Waals surface area contributed by atoms with Crippen molar-refractivity contribution in [3.05, 3.63) is 41.0 Å². The zero-order valence-corrected chi connectivity index (χ0v) is 11.6. The third kappa shape index (κ3) is 2.50. The first-order chi connectivity index (χ1) is 9.04. The lowest BCUT2D eigenvalue weighted by Gasteiger charge is -2.05. The molecule has 19 heavy (non-hydrogen) atoms. The first kappa shape index (κ1) is 13.3. The molecule has 0 radical (unpaired) electrons. The van der Waals surface area contributed by atoms with Crippen molar-refractivity contribution in [2.45, 2.75) is 20.8 Å². The Kier molecular flexibility index (Phi) is 3.64. The molecule has 0 atom stereocenters. The van der Waals surface area contributed by atoms with Gasteiger partial charge in [-0.1, -0.05) is 0 Å². The zero-order chi connectivity index (χ0) is 14.0. The van der Waals surface area contributed by atoms with Crippen LogP contribution in [0.15, 0.2) is 18.5 Å². The van der Waals surface area contributed by atoms with E-state index in [-0.39, 0.29) is 5.78 Å². The maximum absolute atomic E-state index is 12.5. The van der Waals surface area contributed by atoms with Gasteiger partial charge in [-0.15, -0.1) is 0 Å². The Labute approximate surface area is 112 Å². The second-order valence-corrected chi connectivity index (χ2v) is 4.34. The molecule has 0 saturated carbocycles. The monoisotopic (exact) mass is 259 g/mol. The normalized spacial score (nSPS) is 10.5. The van der Waals surface area contributed by atoms with Crippen LogP contribution in [-0.4, -0.2) is 27.2 Å². The number of carbonyl (C=O) groups is 1. The molecule has 0 saturated heterocycles. The Bertz CT molecular complexity index is 617. The van der Waals surface area contributed by atoms with Crippen LogP contribution in [0.4, 0.5) is 0 Å². The molecule has 2 heterocycles. The summed E-state index contributed by atoms with van der Waals surface area (Å²) < 4.78 is 7.07. The highest BCUT2D eigenvalue weighted by atomic mass is 16.5. The van der Waals surface area contributed by atoms with Crippen molar-refractivity contribution in [1.29, 1.82) is 0 Å². The van der Waals surface area contributed by atoms with E-state index in [4.69, 9.17) is 4.74 Å². The SMILES string of the molecule is CCOc1cncc(C(=O)c2c(C)nn(C)c2C)c1. The van der Waals surface area contributed by atoms with E-state index in [1.165, 1.54) is 0 Å². The number of ether oxygens (including phenoxy) is 1. The predicted octanol–water partition coefficient (Wildman–Crippen LogP) is 2.06. The number of nitrogens with zero attached hydrogens (tertiary/aromatic N) is 3. The minimum atomic E-state index is -0.0721. The average molecular weight is 259 g/mol. The summed E-state index contributed by atoms with van der Waals surface area (Å²) >= 11 is 0. The van der Waals surface area contributed by atoms with Gasteiger partial charge >= 0.3 is 0 Å². The van der Waals surface area contributed by atoms with Crippen molar-refractivity contribution >= 4 is 5.78 Å². The van der Waals surface area contributed by atoms with Gasteiger partial charge in [0.1, 0.15) is 5.75 Å². The maximum atomic E-state index is 12.5. The molecule has 0 spiro atoms. The molecule has 0 bridgehead atoms. The molecule has 5 nitrogen and oxygen atoms in total. The van der Waals surface area contributed by atoms with E-state index >= 15 is 0 Å². The largest absolute Gasteiger partial charge is 0.492 e. The van der Waals surface area contributed by atoms with Crippen LogP contribution in [-0.2, 0) is 7.05 Å². The van der Waals surface area contributed by atoms with Crippen molar-refractivity contribution in [2.75, 3.05) is 6.61 Å². The molecule has 0 unspecified atom stereocenters. The van der Waals surface area contributed by atoms with E-state index in [0.717, 1.165) is 11.4 Å². The van der Waals surface area contributed by atoms with Gasteiger partial charge < -0.3 is 4.74 Å². The van der Waals surface area contributed by atoms with Crippen LogP contribution in [0, 0.1) is 13.8 Å². The number of aromatic nitrogens is 3. The van der Waals surface area contributed by atoms with E-state index in [1.807, 2.05) is 27.8 Å². The second-order valence-electron chi connectivity index (χ2n) is 4.34. The summed E-state index contributed by atoms with van der Waals surface area (Å²) in [4.78, 5) is 16.6. The first-order valence-electron chi connectivity index (χ1n) is 6.17. The molecule has 2 aromatic heterocycles. The lowest BCUT2D eigenvalue weighted by atomic mass is 10.0. The molecule has 0 aliphatic heterocycles. The van der Waals surface area contributed by atoms with E-state index in [0.29, 0.717) is 23.5 Å². The van der Waals surface area contributed by atoms with Gasteiger partial charge in [0, 0.05) is 24.5 Å². The quantitative estimate of drug-likeness (QED) is 0.789. The van der Waals surface area contributed by atoms with Gasteiger partial charge in [-0.2, -0.15) is 5.10 Å². The second kappa shape index (κ2) is 5.22. The fourth-order valence-electron chi connectivity index (χ4n) is 2.04. The summed E-state index contributed by atoms with van der Waals surface area (Å²) in [6, 6.07) is 1.71. The Morgan fingerprint density at radius 1 is 1.37 bits per heavy atom. The molecule has 0 amide bonds. The summed E-state index contributed by atoms with van der Waals surface area (Å²) in [5, 5.41) is 4.26. The molecule has 100 valence electrons. The van der Waals surface area contributed by atoms with Crippen molar-refractivity contribution < 1.29 is 9.53 Å². The van der Waals surface area contributed by atoms with Gasteiger partial charge in [0.05, 0.1) is 24.1 Å². The first-order valence-corrected chi connectivity index (χ1v) is 6.17. The predicted molar refractivity (Wildman–Crippen MR) is 71.5 cm³/mol. The maximum Gasteiger partial charge on any atom is 0.198 e. The van der Waals surface area contributed by atoms with Gasteiger partial charge in [0.25, 0.3) is 0 Å². The molecular weight excluding hydrogens is 242 g/mol. The van der Waals surface area contributed by atoms with E-state index in [9.17, 15) is 4.79 Å². The van der Waals surface area contributed by atoms with Crippen LogP contribution < -0.4 is 4.74 Å². The number of hydrogen-bond donors (Lipinski definition) is 0. The summed E-state index contributed by atoms with van der Waals surface area (Å²) in [6.45, 7) is 6.15. The smallest absolute Gasteiger partial charge is 0.198 e. The summed E-state index contributed by atoms with van der Waals surface area (Å²) in [6.07, 6.45) is 3.15. The summed E-state index contributed by atoms with van der Waals surface area (Å²) in [5.41, 5.74) is 2.74. The fraction of sp³-hybridized carbons (Fsp3) is 0.357. The van der Waals surface area contributed by atoms with Crippen molar-refractivity contribution in [3.63, 3.8) is 0 Å². The number of aryl methyl sites for hydroxylation is 2. The van der Waals surface area contributed by atoms with E-state index < -0.39 is 0 Å². The summed E-state index contributed by atoms with van der Waals surface area (Å²) in [7, 11) is 1.83. The number of hydrogen-bond acceptors (Lipinski definition) is 4. The van der Waals surface area contributed by atoms with Crippen molar-refractivity contribution in [1.82, 2.24) is 14.8 Å². The highest BCUT2D eigenvalue weighted by Crippen LogP contribution is 2.19. The van der Waals surface area contributed by atoms with Crippen LogP contribution in [0.2, 0.25) is 0 Å².